The Morgan fingerprint density at radius 1 is 0.690 bits per heavy atom. The molecule has 0 aliphatic carbocycles. The van der Waals surface area contributed by atoms with Crippen molar-refractivity contribution in [2.75, 3.05) is 0 Å². The molecule has 0 rings (SSSR count). The van der Waals surface area contributed by atoms with E-state index in [-0.39, 0.29) is 6.42 Å². The first kappa shape index (κ1) is 27.7. The van der Waals surface area contributed by atoms with E-state index in [4.69, 9.17) is 5.11 Å². The number of allylic oxidation sites excluding steroid dienone is 1. The van der Waals surface area contributed by atoms with Crippen LogP contribution < -0.4 is 0 Å². The maximum atomic E-state index is 11.8. The smallest absolute Gasteiger partial charge is 0.309 e. The molecule has 1 unspecified atom stereocenters. The zero-order valence-electron chi connectivity index (χ0n) is 18.9. The van der Waals surface area contributed by atoms with Gasteiger partial charge in [0.2, 0.25) is 0 Å². The standard InChI is InChI=1S/C25H46O4/c1-3-4-5-6-7-9-12-15-18-21-25(2,24(28)29)22-19-16-13-10-8-11-14-17-20-23(26)27/h3H,1,4-22H2,2H3,(H,26,27)(H,28,29). The second-order valence-corrected chi connectivity index (χ2v) is 8.89. The third kappa shape index (κ3) is 17.3. The summed E-state index contributed by atoms with van der Waals surface area (Å²) in [6, 6.07) is 0. The molecule has 0 aliphatic rings. The van der Waals surface area contributed by atoms with Crippen LogP contribution in [0.15, 0.2) is 12.7 Å². The number of carbonyl (C=O) groups is 2. The summed E-state index contributed by atoms with van der Waals surface area (Å²) >= 11 is 0. The van der Waals surface area contributed by atoms with Gasteiger partial charge < -0.3 is 10.2 Å². The Hall–Kier alpha value is -1.32. The molecule has 0 fully saturated rings. The Kier molecular flexibility index (Phi) is 17.8. The first-order chi connectivity index (χ1) is 13.9. The molecule has 4 heteroatoms. The van der Waals surface area contributed by atoms with Crippen molar-refractivity contribution in [2.24, 2.45) is 5.41 Å². The Bertz CT molecular complexity index is 433. The van der Waals surface area contributed by atoms with Crippen LogP contribution in [0, 0.1) is 5.41 Å². The molecule has 2 N–H and O–H groups in total. The quantitative estimate of drug-likeness (QED) is 0.141. The average Bonchev–Trinajstić information content (AvgIpc) is 2.67. The molecular formula is C25H46O4. The zero-order valence-corrected chi connectivity index (χ0v) is 18.9. The molecular weight excluding hydrogens is 364 g/mol. The van der Waals surface area contributed by atoms with E-state index in [0.29, 0.717) is 0 Å². The molecule has 0 aromatic heterocycles. The summed E-state index contributed by atoms with van der Waals surface area (Å²) in [6.45, 7) is 5.67. The Morgan fingerprint density at radius 3 is 1.45 bits per heavy atom. The Morgan fingerprint density at radius 2 is 1.07 bits per heavy atom. The van der Waals surface area contributed by atoms with Crippen molar-refractivity contribution in [1.82, 2.24) is 0 Å². The first-order valence-electron chi connectivity index (χ1n) is 12.0. The van der Waals surface area contributed by atoms with E-state index in [2.05, 4.69) is 6.58 Å². The highest BCUT2D eigenvalue weighted by atomic mass is 16.4. The predicted octanol–water partition coefficient (Wildman–Crippen LogP) is 7.76. The fourth-order valence-corrected chi connectivity index (χ4v) is 3.88. The second-order valence-electron chi connectivity index (χ2n) is 8.89. The summed E-state index contributed by atoms with van der Waals surface area (Å²) in [7, 11) is 0. The summed E-state index contributed by atoms with van der Waals surface area (Å²) in [5.74, 6) is -1.34. The van der Waals surface area contributed by atoms with E-state index in [1.54, 1.807) is 0 Å². The summed E-state index contributed by atoms with van der Waals surface area (Å²) < 4.78 is 0. The van der Waals surface area contributed by atoms with Crippen molar-refractivity contribution in [2.45, 2.75) is 129 Å². The topological polar surface area (TPSA) is 74.6 Å². The minimum atomic E-state index is -0.703. The summed E-state index contributed by atoms with van der Waals surface area (Å²) in [4.78, 5) is 22.2. The van der Waals surface area contributed by atoms with Crippen LogP contribution in [0.2, 0.25) is 0 Å². The van der Waals surface area contributed by atoms with Crippen LogP contribution in [0.5, 0.6) is 0 Å². The molecule has 0 bridgehead atoms. The SMILES string of the molecule is C=CCCCCCCCCCC(C)(CCCCCCCCCCC(=O)O)C(=O)O. The normalized spacial score (nSPS) is 13.1. The van der Waals surface area contributed by atoms with Crippen molar-refractivity contribution < 1.29 is 19.8 Å². The van der Waals surface area contributed by atoms with Crippen LogP contribution in [0.4, 0.5) is 0 Å². The lowest BCUT2D eigenvalue weighted by Gasteiger charge is -2.24. The van der Waals surface area contributed by atoms with E-state index in [1.807, 2.05) is 13.0 Å². The molecule has 0 saturated carbocycles. The molecule has 170 valence electrons. The van der Waals surface area contributed by atoms with Crippen LogP contribution in [0.1, 0.15) is 129 Å². The van der Waals surface area contributed by atoms with Gasteiger partial charge in [0.15, 0.2) is 0 Å². The van der Waals surface area contributed by atoms with E-state index < -0.39 is 17.4 Å². The molecule has 29 heavy (non-hydrogen) atoms. The molecule has 0 amide bonds. The molecule has 0 heterocycles. The van der Waals surface area contributed by atoms with Gasteiger partial charge in [-0.1, -0.05) is 89.5 Å². The highest BCUT2D eigenvalue weighted by molar-refractivity contribution is 5.74. The maximum Gasteiger partial charge on any atom is 0.309 e. The first-order valence-corrected chi connectivity index (χ1v) is 12.0. The van der Waals surface area contributed by atoms with Gasteiger partial charge in [-0.25, -0.2) is 0 Å². The van der Waals surface area contributed by atoms with Gasteiger partial charge in [-0.2, -0.15) is 0 Å². The third-order valence-electron chi connectivity index (χ3n) is 6.02. The minimum absolute atomic E-state index is 0.281. The van der Waals surface area contributed by atoms with Gasteiger partial charge in [0.25, 0.3) is 0 Å². The number of carboxylic acid groups (broad SMARTS) is 2. The molecule has 0 radical (unpaired) electrons. The average molecular weight is 411 g/mol. The molecule has 0 spiro atoms. The highest BCUT2D eigenvalue weighted by Gasteiger charge is 2.31. The molecule has 0 saturated heterocycles. The fourth-order valence-electron chi connectivity index (χ4n) is 3.88. The van der Waals surface area contributed by atoms with Crippen LogP contribution in [-0.2, 0) is 9.59 Å². The largest absolute Gasteiger partial charge is 0.481 e. The van der Waals surface area contributed by atoms with Gasteiger partial charge in [0.05, 0.1) is 5.41 Å². The van der Waals surface area contributed by atoms with Crippen molar-refractivity contribution in [3.63, 3.8) is 0 Å². The molecule has 4 nitrogen and oxygen atoms in total. The minimum Gasteiger partial charge on any atom is -0.481 e. The van der Waals surface area contributed by atoms with E-state index >= 15 is 0 Å². The highest BCUT2D eigenvalue weighted by Crippen LogP contribution is 2.32. The van der Waals surface area contributed by atoms with Gasteiger partial charge in [-0.15, -0.1) is 6.58 Å². The lowest BCUT2D eigenvalue weighted by atomic mass is 9.80. The zero-order chi connectivity index (χ0) is 21.8. The van der Waals surface area contributed by atoms with Crippen molar-refractivity contribution >= 4 is 11.9 Å². The van der Waals surface area contributed by atoms with E-state index in [0.717, 1.165) is 77.0 Å². The van der Waals surface area contributed by atoms with Crippen molar-refractivity contribution in [1.29, 1.82) is 0 Å². The Labute approximate surface area is 179 Å². The molecule has 0 aromatic rings. The van der Waals surface area contributed by atoms with E-state index in [1.165, 1.54) is 38.5 Å². The molecule has 0 aliphatic heterocycles. The maximum absolute atomic E-state index is 11.8. The molecule has 1 atom stereocenters. The number of rotatable bonds is 22. The summed E-state index contributed by atoms with van der Waals surface area (Å²) in [6.07, 6.45) is 21.9. The van der Waals surface area contributed by atoms with Gasteiger partial charge >= 0.3 is 11.9 Å². The van der Waals surface area contributed by atoms with Gasteiger partial charge in [-0.3, -0.25) is 9.59 Å². The van der Waals surface area contributed by atoms with Crippen LogP contribution in [-0.4, -0.2) is 22.2 Å². The lowest BCUT2D eigenvalue weighted by Crippen LogP contribution is -2.27. The van der Waals surface area contributed by atoms with Crippen LogP contribution in [0.3, 0.4) is 0 Å². The van der Waals surface area contributed by atoms with Gasteiger partial charge in [-0.05, 0) is 39.0 Å². The molecule has 0 aromatic carbocycles. The fraction of sp³-hybridized carbons (Fsp3) is 0.840. The van der Waals surface area contributed by atoms with Crippen molar-refractivity contribution in [3.05, 3.63) is 12.7 Å². The number of hydrogen-bond donors (Lipinski definition) is 2. The van der Waals surface area contributed by atoms with Crippen LogP contribution >= 0.6 is 0 Å². The number of aliphatic carboxylic acids is 2. The third-order valence-corrected chi connectivity index (χ3v) is 6.02. The number of unbranched alkanes of at least 4 members (excludes halogenated alkanes) is 14. The van der Waals surface area contributed by atoms with E-state index in [9.17, 15) is 14.7 Å². The summed E-state index contributed by atoms with van der Waals surface area (Å²) in [5.41, 5.74) is -0.569. The number of hydrogen-bond acceptors (Lipinski definition) is 2. The van der Waals surface area contributed by atoms with Gasteiger partial charge in [0, 0.05) is 6.42 Å². The van der Waals surface area contributed by atoms with Gasteiger partial charge in [0.1, 0.15) is 0 Å². The summed E-state index contributed by atoms with van der Waals surface area (Å²) in [5, 5.41) is 18.3. The predicted molar refractivity (Wildman–Crippen MR) is 121 cm³/mol. The van der Waals surface area contributed by atoms with Crippen LogP contribution in [0.25, 0.3) is 0 Å². The van der Waals surface area contributed by atoms with Crippen molar-refractivity contribution in [3.8, 4) is 0 Å². The monoisotopic (exact) mass is 410 g/mol. The number of carboxylic acids is 2. The second kappa shape index (κ2) is 18.7. The Balaban J connectivity index is 3.69. The lowest BCUT2D eigenvalue weighted by molar-refractivity contribution is -0.149.